The molecule has 51 heavy (non-hydrogen) atoms. The van der Waals surface area contributed by atoms with E-state index in [4.69, 9.17) is 4.74 Å². The number of ether oxygens (including phenoxy) is 1. The van der Waals surface area contributed by atoms with E-state index in [0.717, 1.165) is 12.1 Å². The van der Waals surface area contributed by atoms with Crippen LogP contribution in [0.25, 0.3) is 22.3 Å². The lowest BCUT2D eigenvalue weighted by Crippen LogP contribution is -2.31. The Labute approximate surface area is 288 Å². The van der Waals surface area contributed by atoms with Gasteiger partial charge in [-0.3, -0.25) is 4.79 Å². The number of halogens is 9. The molecule has 3 atom stereocenters. The molecule has 2 aliphatic rings. The fourth-order valence-corrected chi connectivity index (χ4v) is 8.02. The molecule has 2 fully saturated rings. The van der Waals surface area contributed by atoms with Crippen LogP contribution in [0.2, 0.25) is 0 Å². The van der Waals surface area contributed by atoms with Crippen LogP contribution in [0.4, 0.5) is 44.3 Å². The first kappa shape index (κ1) is 36.1. The molecule has 1 N–H and O–H groups in total. The molecule has 0 radical (unpaired) electrons. The van der Waals surface area contributed by atoms with Gasteiger partial charge in [-0.05, 0) is 96.1 Å². The second-order valence-electron chi connectivity index (χ2n) is 12.1. The Morgan fingerprint density at radius 1 is 0.824 bits per heavy atom. The summed E-state index contributed by atoms with van der Waals surface area (Å²) in [6.07, 6.45) is -13.5. The highest BCUT2D eigenvalue weighted by Gasteiger charge is 2.51. The zero-order chi connectivity index (χ0) is 37.2. The standard InChI is InChI=1S/C35H25F9N2O4S/c1-16-9-17(31(47)48)3-5-23(16)19-12-26(30(50-2)45-15-19)24-6-4-20(33(36,37)38)14-25(24)27-7-8-28-29(51-32(49)46(27)28)18-10-21(34(39,40)41)13-22(11-18)35(42,43)44/h3-6,9-15,27-29H,7-8H2,1-2H3,(H,47,48)/t27-,28-,29+/m0/s1. The van der Waals surface area contributed by atoms with Gasteiger partial charge in [-0.2, -0.15) is 39.5 Å². The molecule has 268 valence electrons. The second kappa shape index (κ2) is 12.8. The number of hydrogen-bond donors (Lipinski definition) is 1. The highest BCUT2D eigenvalue weighted by molar-refractivity contribution is 8.14. The Bertz CT molecular complexity index is 2010. The summed E-state index contributed by atoms with van der Waals surface area (Å²) in [5, 5.41) is 7.49. The van der Waals surface area contributed by atoms with Gasteiger partial charge in [-0.15, -0.1) is 0 Å². The number of thioether (sulfide) groups is 1. The predicted molar refractivity (Wildman–Crippen MR) is 168 cm³/mol. The van der Waals surface area contributed by atoms with Gasteiger partial charge in [-0.1, -0.05) is 23.9 Å². The number of methoxy groups -OCH3 is 1. The van der Waals surface area contributed by atoms with E-state index in [1.807, 2.05) is 0 Å². The van der Waals surface area contributed by atoms with Gasteiger partial charge in [0.15, 0.2) is 0 Å². The van der Waals surface area contributed by atoms with E-state index in [1.54, 1.807) is 19.1 Å². The fourth-order valence-electron chi connectivity index (χ4n) is 6.72. The first-order valence-electron chi connectivity index (χ1n) is 15.2. The lowest BCUT2D eigenvalue weighted by atomic mass is 9.90. The topological polar surface area (TPSA) is 79.7 Å². The van der Waals surface area contributed by atoms with Gasteiger partial charge in [0.05, 0.1) is 40.7 Å². The van der Waals surface area contributed by atoms with Gasteiger partial charge < -0.3 is 14.7 Å². The zero-order valence-electron chi connectivity index (χ0n) is 26.4. The quantitative estimate of drug-likeness (QED) is 0.198. The summed E-state index contributed by atoms with van der Waals surface area (Å²) in [6.45, 7) is 1.67. The van der Waals surface area contributed by atoms with Gasteiger partial charge in [0, 0.05) is 23.4 Å². The van der Waals surface area contributed by atoms with Crippen LogP contribution in [0.1, 0.15) is 67.9 Å². The average Bonchev–Trinajstić information content (AvgIpc) is 3.63. The van der Waals surface area contributed by atoms with E-state index < -0.39 is 63.8 Å². The Morgan fingerprint density at radius 2 is 1.45 bits per heavy atom. The van der Waals surface area contributed by atoms with Crippen LogP contribution in [0.5, 0.6) is 5.88 Å². The molecular weight excluding hydrogens is 715 g/mol. The molecule has 1 aromatic heterocycles. The number of carbonyl (C=O) groups is 2. The van der Waals surface area contributed by atoms with Crippen molar-refractivity contribution in [2.24, 2.45) is 0 Å². The normalized spacial score (nSPS) is 19.4. The number of hydrogen-bond acceptors (Lipinski definition) is 5. The van der Waals surface area contributed by atoms with Gasteiger partial charge in [0.2, 0.25) is 5.88 Å². The molecule has 0 saturated carbocycles. The van der Waals surface area contributed by atoms with E-state index in [0.29, 0.717) is 40.6 Å². The average molecular weight is 741 g/mol. The molecule has 2 saturated heterocycles. The van der Waals surface area contributed by atoms with Crippen LogP contribution in [-0.4, -0.2) is 39.4 Å². The van der Waals surface area contributed by atoms with Gasteiger partial charge in [-0.25, -0.2) is 9.78 Å². The van der Waals surface area contributed by atoms with Crippen molar-refractivity contribution < 1.29 is 58.9 Å². The zero-order valence-corrected chi connectivity index (χ0v) is 27.2. The molecule has 6 rings (SSSR count). The third-order valence-electron chi connectivity index (χ3n) is 9.01. The first-order chi connectivity index (χ1) is 23.8. The molecule has 0 unspecified atom stereocenters. The van der Waals surface area contributed by atoms with E-state index in [-0.39, 0.29) is 52.6 Å². The molecule has 6 nitrogen and oxygen atoms in total. The predicted octanol–water partition coefficient (Wildman–Crippen LogP) is 10.6. The first-order valence-corrected chi connectivity index (χ1v) is 16.0. The van der Waals surface area contributed by atoms with Crippen molar-refractivity contribution in [1.29, 1.82) is 0 Å². The van der Waals surface area contributed by atoms with Crippen LogP contribution in [0.15, 0.2) is 66.9 Å². The number of benzene rings is 3. The van der Waals surface area contributed by atoms with Gasteiger partial charge in [0.1, 0.15) is 0 Å². The number of aromatic carboxylic acids is 1. The Kier molecular flexibility index (Phi) is 9.05. The van der Waals surface area contributed by atoms with Crippen molar-refractivity contribution >= 4 is 23.0 Å². The maximum atomic E-state index is 14.1. The highest BCUT2D eigenvalue weighted by Crippen LogP contribution is 2.56. The number of carboxylic acids is 1. The molecule has 0 aliphatic carbocycles. The van der Waals surface area contributed by atoms with E-state index >= 15 is 0 Å². The number of aromatic nitrogens is 1. The highest BCUT2D eigenvalue weighted by atomic mass is 32.2. The number of rotatable bonds is 6. The summed E-state index contributed by atoms with van der Waals surface area (Å²) in [6, 6.07) is 8.04. The minimum atomic E-state index is -5.12. The fraction of sp³-hybridized carbons (Fsp3) is 0.286. The Morgan fingerprint density at radius 3 is 2.02 bits per heavy atom. The van der Waals surface area contributed by atoms with E-state index in [2.05, 4.69) is 4.98 Å². The molecular formula is C35H25F9N2O4S. The maximum Gasteiger partial charge on any atom is 0.416 e. The SMILES string of the molecule is COc1ncc(-c2ccc(C(=O)O)cc2C)cc1-c1ccc(C(F)(F)F)cc1[C@@H]1CC[C@H]2[C@@H](c3cc(C(F)(F)F)cc(C(F)(F)F)c3)SC(=O)N12. The van der Waals surface area contributed by atoms with Crippen molar-refractivity contribution in [1.82, 2.24) is 9.88 Å². The number of aryl methyl sites for hydroxylation is 1. The largest absolute Gasteiger partial charge is 0.481 e. The maximum absolute atomic E-state index is 14.1. The minimum Gasteiger partial charge on any atom is -0.481 e. The summed E-state index contributed by atoms with van der Waals surface area (Å²) in [5.74, 6) is -1.13. The lowest BCUT2D eigenvalue weighted by Gasteiger charge is -2.28. The molecule has 1 amide bonds. The summed E-state index contributed by atoms with van der Waals surface area (Å²) in [4.78, 5) is 30.6. The van der Waals surface area contributed by atoms with Crippen LogP contribution >= 0.6 is 11.8 Å². The van der Waals surface area contributed by atoms with Crippen molar-refractivity contribution in [2.45, 2.75) is 55.6 Å². The number of nitrogens with zero attached hydrogens (tertiary/aromatic N) is 2. The van der Waals surface area contributed by atoms with Gasteiger partial charge in [0.25, 0.3) is 5.24 Å². The molecule has 3 heterocycles. The second-order valence-corrected chi connectivity index (χ2v) is 13.2. The van der Waals surface area contributed by atoms with E-state index in [9.17, 15) is 54.2 Å². The number of amides is 1. The number of alkyl halides is 9. The summed E-state index contributed by atoms with van der Waals surface area (Å²) in [7, 11) is 1.29. The van der Waals surface area contributed by atoms with Crippen molar-refractivity contribution in [3.8, 4) is 28.1 Å². The molecule has 0 spiro atoms. The minimum absolute atomic E-state index is 0.00732. The molecule has 2 aliphatic heterocycles. The number of carboxylic acid groups (broad SMARTS) is 1. The third-order valence-corrected chi connectivity index (χ3v) is 10.3. The molecule has 16 heteroatoms. The smallest absolute Gasteiger partial charge is 0.416 e. The number of fused-ring (bicyclic) bond motifs is 1. The van der Waals surface area contributed by atoms with E-state index in [1.165, 1.54) is 36.4 Å². The van der Waals surface area contributed by atoms with Crippen LogP contribution in [-0.2, 0) is 18.5 Å². The molecule has 3 aromatic carbocycles. The Balaban J connectivity index is 1.46. The van der Waals surface area contributed by atoms with Crippen LogP contribution < -0.4 is 4.74 Å². The Hall–Kier alpha value is -4.73. The monoisotopic (exact) mass is 740 g/mol. The number of pyridine rings is 1. The van der Waals surface area contributed by atoms with Crippen molar-refractivity contribution in [3.05, 3.63) is 106 Å². The summed E-state index contributed by atoms with van der Waals surface area (Å²) in [5.41, 5.74) is -2.43. The van der Waals surface area contributed by atoms with Crippen LogP contribution in [0, 0.1) is 6.92 Å². The summed E-state index contributed by atoms with van der Waals surface area (Å²) >= 11 is 0.523. The third kappa shape index (κ3) is 6.85. The van der Waals surface area contributed by atoms with Gasteiger partial charge >= 0.3 is 24.5 Å². The van der Waals surface area contributed by atoms with Crippen molar-refractivity contribution in [3.63, 3.8) is 0 Å². The van der Waals surface area contributed by atoms with Crippen molar-refractivity contribution in [2.75, 3.05) is 7.11 Å². The van der Waals surface area contributed by atoms with Crippen LogP contribution in [0.3, 0.4) is 0 Å². The lowest BCUT2D eigenvalue weighted by molar-refractivity contribution is -0.143. The number of carbonyl (C=O) groups excluding carboxylic acids is 1. The summed E-state index contributed by atoms with van der Waals surface area (Å²) < 4.78 is 130. The molecule has 4 aromatic rings. The molecule has 0 bridgehead atoms.